The Bertz CT molecular complexity index is 1850. The molecule has 3 fully saturated rings. The molecule has 20 heteroatoms. The molecule has 54 heavy (non-hydrogen) atoms. The monoisotopic (exact) mass is 770 g/mol. The van der Waals surface area contributed by atoms with E-state index in [0.29, 0.717) is 0 Å². The van der Waals surface area contributed by atoms with Gasteiger partial charge in [-0.05, 0) is 32.0 Å². The first-order chi connectivity index (χ1) is 25.5. The molecule has 11 N–H and O–H groups in total. The summed E-state index contributed by atoms with van der Waals surface area (Å²) < 4.78 is 44.8. The van der Waals surface area contributed by atoms with Crippen molar-refractivity contribution in [3.05, 3.63) is 40.6 Å². The van der Waals surface area contributed by atoms with Gasteiger partial charge >= 0.3 is 0 Å². The Hall–Kier alpha value is -3.87. The number of hydrogen-bond acceptors (Lipinski definition) is 20. The molecule has 3 saturated heterocycles. The number of phenolic OH excluding ortho intramolecular Hbond substituents is 2. The minimum atomic E-state index is -2.01. The van der Waals surface area contributed by atoms with Crippen LogP contribution in [0.3, 0.4) is 0 Å². The summed E-state index contributed by atoms with van der Waals surface area (Å²) in [5.74, 6) is -2.37. The Morgan fingerprint density at radius 3 is 1.85 bits per heavy atom. The quantitative estimate of drug-likeness (QED) is 0.104. The molecule has 2 aromatic carbocycles. The minimum absolute atomic E-state index is 0.0468. The first-order valence-corrected chi connectivity index (χ1v) is 16.8. The third-order valence-corrected chi connectivity index (χ3v) is 9.54. The third-order valence-electron chi connectivity index (χ3n) is 9.54. The van der Waals surface area contributed by atoms with Crippen molar-refractivity contribution in [2.75, 3.05) is 13.7 Å². The molecule has 0 amide bonds. The van der Waals surface area contributed by atoms with E-state index >= 15 is 0 Å². The molecule has 1 aromatic heterocycles. The van der Waals surface area contributed by atoms with Gasteiger partial charge in [0, 0.05) is 17.7 Å². The highest BCUT2D eigenvalue weighted by Crippen LogP contribution is 2.40. The standard InChI is InChI=1S/C34H42O20/c1-10-20(37)24(41)27(44)32(49-10)48-9-18-22(39)26(43)29(46)34(53-18)54-31-23(40)19-15(36)7-13(51-33-28(45)25(42)21(38)11(2)50-33)8-17(19)52-30(31)12-4-5-14(35)16(6-12)47-3/h4-8,10-11,18,20-22,24-29,32-39,41-46H,9H2,1-3H3/t10?,11?,18?,20-,21-,22+,24-,25-,26?,27?,28?,29?,32+,33-,34-/m0/s1. The van der Waals surface area contributed by atoms with Gasteiger partial charge in [0.05, 0.1) is 25.9 Å². The molecule has 0 bridgehead atoms. The molecule has 3 aromatic rings. The average Bonchev–Trinajstić information content (AvgIpc) is 3.14. The molecule has 0 radical (unpaired) electrons. The van der Waals surface area contributed by atoms with Crippen molar-refractivity contribution < 1.29 is 93.7 Å². The zero-order valence-electron chi connectivity index (χ0n) is 28.8. The van der Waals surface area contributed by atoms with E-state index in [9.17, 15) is 61.0 Å². The SMILES string of the molecule is COc1cc(-c2oc3cc(O[C@@H]4OC(C)[C@H](O)[C@H](O)C4O)cc(O)c3c(=O)c2O[C@@H]2OC(CO[C@@H]3OC(C)[C@H](O)[C@H](O)C3O)[C@@H](O)C(O)C2O)ccc1O. The van der Waals surface area contributed by atoms with Crippen LogP contribution in [0.25, 0.3) is 22.3 Å². The van der Waals surface area contributed by atoms with Gasteiger partial charge in [-0.1, -0.05) is 0 Å². The number of aromatic hydroxyl groups is 2. The van der Waals surface area contributed by atoms with Crippen LogP contribution in [0.2, 0.25) is 0 Å². The van der Waals surface area contributed by atoms with Crippen LogP contribution in [0.1, 0.15) is 13.8 Å². The van der Waals surface area contributed by atoms with Crippen LogP contribution < -0.4 is 19.6 Å². The molecule has 0 aliphatic carbocycles. The highest BCUT2D eigenvalue weighted by molar-refractivity contribution is 5.88. The lowest BCUT2D eigenvalue weighted by atomic mass is 9.98. The molecule has 0 saturated carbocycles. The fourth-order valence-corrected chi connectivity index (χ4v) is 6.30. The van der Waals surface area contributed by atoms with Crippen LogP contribution in [0, 0.1) is 0 Å². The van der Waals surface area contributed by atoms with Crippen molar-refractivity contribution in [2.45, 2.75) is 106 Å². The number of hydrogen-bond donors (Lipinski definition) is 11. The van der Waals surface area contributed by atoms with Crippen LogP contribution in [-0.4, -0.2) is 162 Å². The first-order valence-electron chi connectivity index (χ1n) is 16.8. The predicted octanol–water partition coefficient (Wildman–Crippen LogP) is -2.88. The smallest absolute Gasteiger partial charge is 0.239 e. The van der Waals surface area contributed by atoms with E-state index in [0.717, 1.165) is 12.1 Å². The van der Waals surface area contributed by atoms with Gasteiger partial charge in [-0.2, -0.15) is 0 Å². The van der Waals surface area contributed by atoms with Crippen molar-refractivity contribution in [2.24, 2.45) is 0 Å². The van der Waals surface area contributed by atoms with Crippen LogP contribution >= 0.6 is 0 Å². The average molecular weight is 771 g/mol. The summed E-state index contributed by atoms with van der Waals surface area (Å²) in [5.41, 5.74) is -1.32. The second kappa shape index (κ2) is 15.7. The number of fused-ring (bicyclic) bond motifs is 1. The van der Waals surface area contributed by atoms with Gasteiger partial charge in [-0.3, -0.25) is 4.79 Å². The first kappa shape index (κ1) is 39.8. The van der Waals surface area contributed by atoms with Crippen molar-refractivity contribution in [3.63, 3.8) is 0 Å². The van der Waals surface area contributed by atoms with Gasteiger partial charge in [-0.15, -0.1) is 0 Å². The van der Waals surface area contributed by atoms with E-state index in [-0.39, 0.29) is 34.2 Å². The lowest BCUT2D eigenvalue weighted by Crippen LogP contribution is -2.61. The molecule has 6 rings (SSSR count). The number of benzene rings is 2. The molecule has 0 spiro atoms. The van der Waals surface area contributed by atoms with E-state index in [4.69, 9.17) is 37.6 Å². The summed E-state index contributed by atoms with van der Waals surface area (Å²) >= 11 is 0. The molecule has 4 heterocycles. The second-order valence-corrected chi connectivity index (χ2v) is 13.2. The van der Waals surface area contributed by atoms with E-state index in [1.54, 1.807) is 0 Å². The Morgan fingerprint density at radius 2 is 1.22 bits per heavy atom. The van der Waals surface area contributed by atoms with Crippen LogP contribution in [0.15, 0.2) is 39.5 Å². The largest absolute Gasteiger partial charge is 0.507 e. The topological polar surface area (TPSA) is 317 Å². The summed E-state index contributed by atoms with van der Waals surface area (Å²) in [6, 6.07) is 5.91. The van der Waals surface area contributed by atoms with Crippen molar-refractivity contribution in [1.29, 1.82) is 0 Å². The summed E-state index contributed by atoms with van der Waals surface area (Å²) in [5, 5.41) is 114. The number of rotatable bonds is 9. The molecule has 20 nitrogen and oxygen atoms in total. The predicted molar refractivity (Wildman–Crippen MR) is 176 cm³/mol. The van der Waals surface area contributed by atoms with E-state index in [2.05, 4.69) is 0 Å². The van der Waals surface area contributed by atoms with Crippen LogP contribution in [0.5, 0.6) is 28.7 Å². The summed E-state index contributed by atoms with van der Waals surface area (Å²) in [6.45, 7) is 2.22. The van der Waals surface area contributed by atoms with E-state index in [1.807, 2.05) is 0 Å². The lowest BCUT2D eigenvalue weighted by Gasteiger charge is -2.42. The molecule has 3 aliphatic heterocycles. The molecule has 15 atom stereocenters. The Labute approximate surface area is 305 Å². The van der Waals surface area contributed by atoms with Gasteiger partial charge in [0.1, 0.15) is 83.5 Å². The van der Waals surface area contributed by atoms with Gasteiger partial charge in [0.15, 0.2) is 23.5 Å². The summed E-state index contributed by atoms with van der Waals surface area (Å²) in [4.78, 5) is 14.2. The lowest BCUT2D eigenvalue weighted by molar-refractivity contribution is -0.318. The zero-order valence-corrected chi connectivity index (χ0v) is 28.8. The van der Waals surface area contributed by atoms with Crippen molar-refractivity contribution in [1.82, 2.24) is 0 Å². The van der Waals surface area contributed by atoms with Gasteiger partial charge in [0.2, 0.25) is 23.8 Å². The number of aliphatic hydroxyl groups is 9. The highest BCUT2D eigenvalue weighted by atomic mass is 16.7. The maximum absolute atomic E-state index is 14.2. The molecule has 3 aliphatic rings. The Kier molecular flexibility index (Phi) is 11.6. The number of methoxy groups -OCH3 is 1. The van der Waals surface area contributed by atoms with Gasteiger partial charge in [-0.25, -0.2) is 0 Å². The number of ether oxygens (including phenoxy) is 7. The summed E-state index contributed by atoms with van der Waals surface area (Å²) in [6.07, 6.45) is -23.7. The summed E-state index contributed by atoms with van der Waals surface area (Å²) in [7, 11) is 1.26. The molecular formula is C34H42O20. The molecule has 298 valence electrons. The third kappa shape index (κ3) is 7.41. The number of phenols is 2. The maximum Gasteiger partial charge on any atom is 0.239 e. The normalized spacial score (nSPS) is 37.2. The molecular weight excluding hydrogens is 728 g/mol. The van der Waals surface area contributed by atoms with Crippen LogP contribution in [0.4, 0.5) is 0 Å². The van der Waals surface area contributed by atoms with E-state index < -0.39 is 121 Å². The van der Waals surface area contributed by atoms with Crippen molar-refractivity contribution in [3.8, 4) is 40.1 Å². The second-order valence-electron chi connectivity index (χ2n) is 13.2. The van der Waals surface area contributed by atoms with Gasteiger partial charge < -0.3 is 93.7 Å². The Balaban J connectivity index is 1.35. The fourth-order valence-electron chi connectivity index (χ4n) is 6.30. The van der Waals surface area contributed by atoms with Gasteiger partial charge in [0.25, 0.3) is 0 Å². The van der Waals surface area contributed by atoms with E-state index in [1.165, 1.54) is 39.2 Å². The number of aliphatic hydroxyl groups excluding tert-OH is 9. The van der Waals surface area contributed by atoms with Crippen LogP contribution in [-0.2, 0) is 18.9 Å². The highest BCUT2D eigenvalue weighted by Gasteiger charge is 2.48. The zero-order chi connectivity index (χ0) is 39.3. The fraction of sp³-hybridized carbons (Fsp3) is 0.559. The maximum atomic E-state index is 14.2. The molecule has 7 unspecified atom stereocenters. The Morgan fingerprint density at radius 1 is 0.648 bits per heavy atom. The minimum Gasteiger partial charge on any atom is -0.507 e. The van der Waals surface area contributed by atoms with Crippen molar-refractivity contribution >= 4 is 11.0 Å².